The van der Waals surface area contributed by atoms with E-state index in [1.54, 1.807) is 0 Å². The Morgan fingerprint density at radius 2 is 2.36 bits per heavy atom. The summed E-state index contributed by atoms with van der Waals surface area (Å²) >= 11 is 0. The van der Waals surface area contributed by atoms with Crippen molar-refractivity contribution in [2.45, 2.75) is 38.6 Å². The predicted octanol–water partition coefficient (Wildman–Crippen LogP) is 2.58. The summed E-state index contributed by atoms with van der Waals surface area (Å²) in [5.41, 5.74) is 8.61. The van der Waals surface area contributed by atoms with Crippen LogP contribution in [0.3, 0.4) is 0 Å². The van der Waals surface area contributed by atoms with Crippen LogP contribution in [0, 0.1) is 12.8 Å². The highest BCUT2D eigenvalue weighted by atomic mass is 14.7. The number of hydrogen-bond donors (Lipinski definition) is 1. The number of hydrogen-bond acceptors (Lipinski definition) is 2. The van der Waals surface area contributed by atoms with Crippen molar-refractivity contribution in [2.75, 3.05) is 0 Å². The lowest BCUT2D eigenvalue weighted by molar-refractivity contribution is 0.572. The molecule has 2 rings (SSSR count). The van der Waals surface area contributed by atoms with Crippen molar-refractivity contribution in [2.24, 2.45) is 11.7 Å². The van der Waals surface area contributed by atoms with Crippen molar-refractivity contribution < 1.29 is 0 Å². The van der Waals surface area contributed by atoms with Gasteiger partial charge in [-0.2, -0.15) is 0 Å². The fourth-order valence-corrected chi connectivity index (χ4v) is 1.84. The zero-order valence-corrected chi connectivity index (χ0v) is 8.74. The van der Waals surface area contributed by atoms with Gasteiger partial charge in [0.2, 0.25) is 0 Å². The molecule has 1 aliphatic rings. The number of nitrogens with zero attached hydrogens (tertiary/aromatic N) is 1. The smallest absolute Gasteiger partial charge is 0.0318 e. The Kier molecular flexibility index (Phi) is 2.82. The molecule has 1 aromatic rings. The second kappa shape index (κ2) is 4.09. The maximum absolute atomic E-state index is 6.13. The van der Waals surface area contributed by atoms with Gasteiger partial charge in [0.05, 0.1) is 0 Å². The van der Waals surface area contributed by atoms with Crippen LogP contribution in [-0.2, 0) is 0 Å². The lowest BCUT2D eigenvalue weighted by atomic mass is 9.99. The molecule has 1 aliphatic carbocycles. The highest BCUT2D eigenvalue weighted by Crippen LogP contribution is 2.35. The van der Waals surface area contributed by atoms with E-state index in [2.05, 4.69) is 11.9 Å². The molecule has 1 heterocycles. The summed E-state index contributed by atoms with van der Waals surface area (Å²) in [4.78, 5) is 4.13. The average molecular weight is 190 g/mol. The predicted molar refractivity (Wildman–Crippen MR) is 57.9 cm³/mol. The third-order valence-corrected chi connectivity index (χ3v) is 3.06. The molecule has 1 atom stereocenters. The summed E-state index contributed by atoms with van der Waals surface area (Å²) in [6.45, 7) is 2.11. The van der Waals surface area contributed by atoms with Gasteiger partial charge in [-0.05, 0) is 42.9 Å². The zero-order chi connectivity index (χ0) is 9.97. The van der Waals surface area contributed by atoms with Crippen LogP contribution >= 0.6 is 0 Å². The van der Waals surface area contributed by atoms with Crippen molar-refractivity contribution in [1.82, 2.24) is 4.98 Å². The molecule has 14 heavy (non-hydrogen) atoms. The minimum atomic E-state index is 0.185. The van der Waals surface area contributed by atoms with E-state index in [4.69, 9.17) is 5.73 Å². The third kappa shape index (κ3) is 2.32. The molecule has 0 saturated heterocycles. The molecule has 1 fully saturated rings. The van der Waals surface area contributed by atoms with Crippen LogP contribution in [0.5, 0.6) is 0 Å². The fraction of sp³-hybridized carbons (Fsp3) is 0.583. The molecule has 76 valence electrons. The van der Waals surface area contributed by atoms with Crippen LogP contribution < -0.4 is 5.73 Å². The summed E-state index contributed by atoms with van der Waals surface area (Å²) in [6.07, 6.45) is 8.96. The number of rotatable bonds is 4. The molecule has 0 aliphatic heterocycles. The summed E-state index contributed by atoms with van der Waals surface area (Å²) in [6, 6.07) is 2.22. The van der Waals surface area contributed by atoms with Crippen LogP contribution in [0.1, 0.15) is 42.9 Å². The lowest BCUT2D eigenvalue weighted by Crippen LogP contribution is -2.12. The molecule has 0 radical (unpaired) electrons. The Balaban J connectivity index is 1.95. The molecule has 1 aromatic heterocycles. The van der Waals surface area contributed by atoms with E-state index in [-0.39, 0.29) is 6.04 Å². The first-order valence-corrected chi connectivity index (χ1v) is 5.43. The lowest BCUT2D eigenvalue weighted by Gasteiger charge is -2.13. The Morgan fingerprint density at radius 3 is 3.00 bits per heavy atom. The van der Waals surface area contributed by atoms with Gasteiger partial charge < -0.3 is 5.73 Å². The van der Waals surface area contributed by atoms with E-state index in [1.165, 1.54) is 30.4 Å². The van der Waals surface area contributed by atoms with E-state index in [0.717, 1.165) is 12.3 Å². The summed E-state index contributed by atoms with van der Waals surface area (Å²) in [7, 11) is 0. The summed E-state index contributed by atoms with van der Waals surface area (Å²) < 4.78 is 0. The fourth-order valence-electron chi connectivity index (χ4n) is 1.84. The summed E-state index contributed by atoms with van der Waals surface area (Å²) in [5.74, 6) is 0.970. The normalized spacial score (nSPS) is 18.1. The molecule has 0 aromatic carbocycles. The maximum atomic E-state index is 6.13. The zero-order valence-electron chi connectivity index (χ0n) is 8.74. The molecular weight excluding hydrogens is 172 g/mol. The number of nitrogens with two attached hydrogens (primary N) is 1. The first-order valence-electron chi connectivity index (χ1n) is 5.43. The van der Waals surface area contributed by atoms with Crippen LogP contribution in [0.4, 0.5) is 0 Å². The first-order chi connectivity index (χ1) is 6.77. The molecule has 1 saturated carbocycles. The van der Waals surface area contributed by atoms with Gasteiger partial charge in [-0.25, -0.2) is 0 Å². The minimum absolute atomic E-state index is 0.185. The Morgan fingerprint density at radius 1 is 1.57 bits per heavy atom. The largest absolute Gasteiger partial charge is 0.324 e. The van der Waals surface area contributed by atoms with Gasteiger partial charge in [0, 0.05) is 18.4 Å². The molecule has 2 heteroatoms. The molecule has 2 N–H and O–H groups in total. The molecule has 2 nitrogen and oxygen atoms in total. The highest BCUT2D eigenvalue weighted by Gasteiger charge is 2.22. The van der Waals surface area contributed by atoms with Crippen molar-refractivity contribution in [3.8, 4) is 0 Å². The number of aromatic nitrogens is 1. The topological polar surface area (TPSA) is 38.9 Å². The van der Waals surface area contributed by atoms with Crippen molar-refractivity contribution >= 4 is 0 Å². The summed E-state index contributed by atoms with van der Waals surface area (Å²) in [5, 5.41) is 0. The third-order valence-electron chi connectivity index (χ3n) is 3.06. The second-order valence-electron chi connectivity index (χ2n) is 4.36. The Bertz CT molecular complexity index is 305. The molecule has 0 amide bonds. The Hall–Kier alpha value is -0.890. The van der Waals surface area contributed by atoms with Crippen LogP contribution in [-0.4, -0.2) is 4.98 Å². The number of pyridine rings is 1. The van der Waals surface area contributed by atoms with E-state index in [0.29, 0.717) is 0 Å². The first kappa shape index (κ1) is 9.66. The van der Waals surface area contributed by atoms with Crippen LogP contribution in [0.25, 0.3) is 0 Å². The number of aryl methyl sites for hydroxylation is 1. The molecule has 0 spiro atoms. The van der Waals surface area contributed by atoms with Gasteiger partial charge in [-0.15, -0.1) is 0 Å². The second-order valence-corrected chi connectivity index (χ2v) is 4.36. The van der Waals surface area contributed by atoms with Crippen LogP contribution in [0.2, 0.25) is 0 Å². The monoisotopic (exact) mass is 190 g/mol. The average Bonchev–Trinajstić information content (AvgIpc) is 2.98. The standard InChI is InChI=1S/C12H18N2/c1-9-6-7-14-8-11(9)12(13)5-4-10-2-3-10/h6-8,10,12H,2-5,13H2,1H3. The van der Waals surface area contributed by atoms with Gasteiger partial charge in [-0.3, -0.25) is 4.98 Å². The SMILES string of the molecule is Cc1ccncc1C(N)CCC1CC1. The van der Waals surface area contributed by atoms with Gasteiger partial charge in [0.15, 0.2) is 0 Å². The van der Waals surface area contributed by atoms with E-state index < -0.39 is 0 Å². The van der Waals surface area contributed by atoms with Crippen molar-refractivity contribution in [3.63, 3.8) is 0 Å². The van der Waals surface area contributed by atoms with Gasteiger partial charge >= 0.3 is 0 Å². The van der Waals surface area contributed by atoms with Gasteiger partial charge in [0.1, 0.15) is 0 Å². The van der Waals surface area contributed by atoms with Gasteiger partial charge in [0.25, 0.3) is 0 Å². The minimum Gasteiger partial charge on any atom is -0.324 e. The van der Waals surface area contributed by atoms with Crippen LogP contribution in [0.15, 0.2) is 18.5 Å². The maximum Gasteiger partial charge on any atom is 0.0318 e. The van der Waals surface area contributed by atoms with Crippen molar-refractivity contribution in [1.29, 1.82) is 0 Å². The Labute approximate surface area is 85.5 Å². The van der Waals surface area contributed by atoms with Crippen molar-refractivity contribution in [3.05, 3.63) is 29.6 Å². The van der Waals surface area contributed by atoms with E-state index >= 15 is 0 Å². The quantitative estimate of drug-likeness (QED) is 0.792. The molecular formula is C12H18N2. The van der Waals surface area contributed by atoms with E-state index in [1.807, 2.05) is 18.5 Å². The molecule has 0 bridgehead atoms. The molecule has 1 unspecified atom stereocenters. The van der Waals surface area contributed by atoms with Gasteiger partial charge in [-0.1, -0.05) is 12.8 Å². The van der Waals surface area contributed by atoms with E-state index in [9.17, 15) is 0 Å². The highest BCUT2D eigenvalue weighted by molar-refractivity contribution is 5.24.